The van der Waals surface area contributed by atoms with Crippen molar-refractivity contribution in [1.82, 2.24) is 0 Å². The summed E-state index contributed by atoms with van der Waals surface area (Å²) in [6.07, 6.45) is 2.34. The second kappa shape index (κ2) is 14.1. The average molecular weight is 862 g/mol. The maximum atomic E-state index is 2.62. The van der Waals surface area contributed by atoms with Gasteiger partial charge in [0.1, 0.15) is 0 Å². The van der Waals surface area contributed by atoms with E-state index in [1.54, 1.807) is 0 Å². The van der Waals surface area contributed by atoms with E-state index in [9.17, 15) is 0 Å². The van der Waals surface area contributed by atoms with Gasteiger partial charge in [-0.15, -0.1) is 0 Å². The Kier molecular flexibility index (Phi) is 8.46. The summed E-state index contributed by atoms with van der Waals surface area (Å²) >= 11 is 0. The maximum Gasteiger partial charge on any atom is 0.0726 e. The quantitative estimate of drug-likeness (QED) is 0.167. The van der Waals surface area contributed by atoms with Crippen LogP contribution in [0.2, 0.25) is 0 Å². The van der Waals surface area contributed by atoms with Gasteiger partial charge in [-0.1, -0.05) is 211 Å². The van der Waals surface area contributed by atoms with Crippen LogP contribution in [0.4, 0.5) is 17.1 Å². The lowest BCUT2D eigenvalue weighted by molar-refractivity contribution is 0.332. The van der Waals surface area contributed by atoms with Crippen LogP contribution in [0.25, 0.3) is 55.6 Å². The van der Waals surface area contributed by atoms with Gasteiger partial charge in [-0.2, -0.15) is 0 Å². The average Bonchev–Trinajstić information content (AvgIpc) is 3.91. The molecule has 67 heavy (non-hydrogen) atoms. The predicted octanol–water partition coefficient (Wildman–Crippen LogP) is 17.5. The minimum absolute atomic E-state index is 0.0475. The number of rotatable bonds is 5. The SMILES string of the molecule is CC1(C)CCC(C)(C)c2cc(-c3cc4c(cc3N(c3ccc5c(c3)C(C)(C)c3ccccc3-5)c3ccccc3-c3ccccc3)C3(c5ccccc5-c5ccccc53)c3ccccc3-4)ccc21. The normalized spacial score (nSPS) is 16.6. The molecule has 0 bridgehead atoms. The minimum Gasteiger partial charge on any atom is -0.309 e. The molecule has 0 atom stereocenters. The van der Waals surface area contributed by atoms with Crippen LogP contribution < -0.4 is 4.90 Å². The highest BCUT2D eigenvalue weighted by Crippen LogP contribution is 2.65. The standard InChI is InChI=1S/C66H55N/c1-63(2)36-37-64(3,4)60-38-43(32-35-57(60)63)51-40-52-49-26-13-18-30-56(49)66(54-28-16-11-24-47(54)48-25-12-17-29-55(48)66)59(52)41-62(51)67(61-31-19-14-22-45(61)42-20-8-7-9-21-42)44-33-34-50-46-23-10-15-27-53(46)65(5,6)58(50)39-44/h7-35,38-41H,36-37H2,1-6H3. The monoisotopic (exact) mass is 861 g/mol. The number of hydrogen-bond acceptors (Lipinski definition) is 1. The van der Waals surface area contributed by atoms with Crippen LogP contribution in [-0.4, -0.2) is 0 Å². The molecule has 1 heteroatoms. The topological polar surface area (TPSA) is 3.24 Å². The van der Waals surface area contributed by atoms with Crippen LogP contribution in [0.1, 0.15) is 98.9 Å². The molecular formula is C66H55N. The molecule has 0 saturated heterocycles. The summed E-state index contributed by atoms with van der Waals surface area (Å²) in [7, 11) is 0. The molecule has 9 aromatic carbocycles. The summed E-state index contributed by atoms with van der Waals surface area (Å²) in [5, 5.41) is 0. The Bertz CT molecular complexity index is 3460. The lowest BCUT2D eigenvalue weighted by Gasteiger charge is -2.42. The Labute approximate surface area is 396 Å². The highest BCUT2D eigenvalue weighted by atomic mass is 15.1. The number of benzene rings is 9. The van der Waals surface area contributed by atoms with Crippen molar-refractivity contribution in [1.29, 1.82) is 0 Å². The van der Waals surface area contributed by atoms with E-state index in [1.807, 2.05) is 0 Å². The van der Waals surface area contributed by atoms with Crippen LogP contribution in [0.3, 0.4) is 0 Å². The molecule has 4 aliphatic rings. The third-order valence-corrected chi connectivity index (χ3v) is 16.6. The minimum atomic E-state index is -0.500. The molecule has 0 radical (unpaired) electrons. The van der Waals surface area contributed by atoms with Crippen molar-refractivity contribution in [2.45, 2.75) is 76.0 Å². The van der Waals surface area contributed by atoms with Crippen LogP contribution in [0.15, 0.2) is 200 Å². The van der Waals surface area contributed by atoms with Gasteiger partial charge in [0.2, 0.25) is 0 Å². The van der Waals surface area contributed by atoms with Gasteiger partial charge in [-0.25, -0.2) is 0 Å². The molecule has 0 N–H and O–H groups in total. The summed E-state index contributed by atoms with van der Waals surface area (Å²) in [4.78, 5) is 2.62. The van der Waals surface area contributed by atoms with Crippen molar-refractivity contribution in [3.8, 4) is 55.6 Å². The summed E-state index contributed by atoms with van der Waals surface area (Å²) in [6.45, 7) is 14.6. The number of fused-ring (bicyclic) bond motifs is 14. The third kappa shape index (κ3) is 5.55. The number of anilines is 3. The summed E-state index contributed by atoms with van der Waals surface area (Å²) in [6, 6.07) is 76.6. The first-order chi connectivity index (χ1) is 32.5. The second-order valence-corrected chi connectivity index (χ2v) is 21.4. The van der Waals surface area contributed by atoms with E-state index in [0.29, 0.717) is 0 Å². The number of hydrogen-bond donors (Lipinski definition) is 0. The Morgan fingerprint density at radius 1 is 0.299 bits per heavy atom. The van der Waals surface area contributed by atoms with Crippen LogP contribution in [0.5, 0.6) is 0 Å². The van der Waals surface area contributed by atoms with Gasteiger partial charge in [0.25, 0.3) is 0 Å². The number of para-hydroxylation sites is 1. The molecule has 0 amide bonds. The fourth-order valence-corrected chi connectivity index (χ4v) is 13.1. The summed E-state index contributed by atoms with van der Waals surface area (Å²) in [5.41, 5.74) is 26.8. The molecule has 1 nitrogen and oxygen atoms in total. The molecule has 9 aromatic rings. The van der Waals surface area contributed by atoms with Crippen LogP contribution >= 0.6 is 0 Å². The van der Waals surface area contributed by atoms with E-state index in [-0.39, 0.29) is 16.2 Å². The van der Waals surface area contributed by atoms with Crippen molar-refractivity contribution < 1.29 is 0 Å². The summed E-state index contributed by atoms with van der Waals surface area (Å²) < 4.78 is 0. The van der Waals surface area contributed by atoms with Crippen LogP contribution in [-0.2, 0) is 21.7 Å². The van der Waals surface area contributed by atoms with Gasteiger partial charge >= 0.3 is 0 Å². The smallest absolute Gasteiger partial charge is 0.0726 e. The van der Waals surface area contributed by atoms with E-state index in [2.05, 4.69) is 247 Å². The van der Waals surface area contributed by atoms with Crippen molar-refractivity contribution in [3.05, 3.63) is 245 Å². The zero-order chi connectivity index (χ0) is 45.5. The Hall–Kier alpha value is -7.22. The van der Waals surface area contributed by atoms with Gasteiger partial charge in [0, 0.05) is 22.2 Å². The predicted molar refractivity (Wildman–Crippen MR) is 281 cm³/mol. The maximum absolute atomic E-state index is 2.62. The lowest BCUT2D eigenvalue weighted by atomic mass is 9.63. The molecule has 0 fully saturated rings. The van der Waals surface area contributed by atoms with Crippen LogP contribution in [0, 0.1) is 0 Å². The molecule has 0 unspecified atom stereocenters. The molecule has 0 aliphatic heterocycles. The fourth-order valence-electron chi connectivity index (χ4n) is 13.1. The van der Waals surface area contributed by atoms with Gasteiger partial charge < -0.3 is 4.90 Å². The lowest BCUT2D eigenvalue weighted by Crippen LogP contribution is -2.33. The van der Waals surface area contributed by atoms with Gasteiger partial charge in [-0.3, -0.25) is 0 Å². The highest BCUT2D eigenvalue weighted by Gasteiger charge is 2.52. The van der Waals surface area contributed by atoms with E-state index in [1.165, 1.54) is 112 Å². The zero-order valence-electron chi connectivity index (χ0n) is 39.4. The highest BCUT2D eigenvalue weighted by molar-refractivity contribution is 6.02. The molecule has 324 valence electrons. The molecule has 0 saturated carbocycles. The van der Waals surface area contributed by atoms with E-state index in [4.69, 9.17) is 0 Å². The van der Waals surface area contributed by atoms with Gasteiger partial charge in [-0.05, 0) is 143 Å². The van der Waals surface area contributed by atoms with E-state index >= 15 is 0 Å². The molecular weight excluding hydrogens is 807 g/mol. The molecule has 1 spiro atoms. The third-order valence-electron chi connectivity index (χ3n) is 16.6. The summed E-state index contributed by atoms with van der Waals surface area (Å²) in [5.74, 6) is 0. The number of nitrogens with zero attached hydrogens (tertiary/aromatic N) is 1. The van der Waals surface area contributed by atoms with Gasteiger partial charge in [0.15, 0.2) is 0 Å². The largest absolute Gasteiger partial charge is 0.309 e. The Morgan fingerprint density at radius 3 is 1.45 bits per heavy atom. The Balaban J connectivity index is 1.17. The van der Waals surface area contributed by atoms with Crippen molar-refractivity contribution in [2.24, 2.45) is 0 Å². The van der Waals surface area contributed by atoms with Gasteiger partial charge in [0.05, 0.1) is 16.8 Å². The van der Waals surface area contributed by atoms with Crippen molar-refractivity contribution in [3.63, 3.8) is 0 Å². The van der Waals surface area contributed by atoms with Crippen molar-refractivity contribution in [2.75, 3.05) is 4.90 Å². The van der Waals surface area contributed by atoms with Crippen molar-refractivity contribution >= 4 is 17.1 Å². The first-order valence-electron chi connectivity index (χ1n) is 24.3. The first-order valence-corrected chi connectivity index (χ1v) is 24.3. The fraction of sp³-hybridized carbons (Fsp3) is 0.182. The molecule has 4 aliphatic carbocycles. The first kappa shape index (κ1) is 40.1. The Morgan fingerprint density at radius 2 is 0.806 bits per heavy atom. The molecule has 13 rings (SSSR count). The second-order valence-electron chi connectivity index (χ2n) is 21.4. The molecule has 0 heterocycles. The van der Waals surface area contributed by atoms with E-state index in [0.717, 1.165) is 17.8 Å². The zero-order valence-corrected chi connectivity index (χ0v) is 39.4. The van der Waals surface area contributed by atoms with E-state index < -0.39 is 5.41 Å². The molecule has 0 aromatic heterocycles.